The topological polar surface area (TPSA) is 0 Å². The lowest BCUT2D eigenvalue weighted by atomic mass is 10.3. The van der Waals surface area contributed by atoms with E-state index in [-0.39, 0.29) is 23.3 Å². The molecule has 0 aliphatic rings. The van der Waals surface area contributed by atoms with Crippen molar-refractivity contribution in [3.8, 4) is 0 Å². The lowest BCUT2D eigenvalue weighted by molar-refractivity contribution is 0.628. The molecule has 0 aliphatic heterocycles. The molecule has 0 radical (unpaired) electrons. The molecular formula is C24H16AlF4-. The van der Waals surface area contributed by atoms with Crippen LogP contribution in [0.4, 0.5) is 17.6 Å². The zero-order valence-corrected chi connectivity index (χ0v) is 16.5. The van der Waals surface area contributed by atoms with Crippen LogP contribution in [0, 0.1) is 23.3 Å². The maximum atomic E-state index is 13.7. The van der Waals surface area contributed by atoms with E-state index in [1.807, 2.05) is 0 Å². The number of halogens is 4. The second kappa shape index (κ2) is 7.87. The molecule has 5 heteroatoms. The molecule has 0 heterocycles. The van der Waals surface area contributed by atoms with Crippen molar-refractivity contribution in [3.63, 3.8) is 0 Å². The molecular weight excluding hydrogens is 391 g/mol. The van der Waals surface area contributed by atoms with Crippen molar-refractivity contribution in [3.05, 3.63) is 120 Å². The van der Waals surface area contributed by atoms with Gasteiger partial charge in [-0.2, -0.15) is 0 Å². The van der Waals surface area contributed by atoms with Gasteiger partial charge in [0.05, 0.1) is 0 Å². The van der Waals surface area contributed by atoms with Gasteiger partial charge >= 0.3 is 0 Å². The summed E-state index contributed by atoms with van der Waals surface area (Å²) >= 11 is -3.47. The second-order valence-corrected chi connectivity index (χ2v) is 11.5. The monoisotopic (exact) mass is 407 g/mol. The van der Waals surface area contributed by atoms with Gasteiger partial charge in [-0.1, -0.05) is 0 Å². The summed E-state index contributed by atoms with van der Waals surface area (Å²) in [5, 5.41) is 0. The van der Waals surface area contributed by atoms with Gasteiger partial charge in [0, 0.05) is 0 Å². The van der Waals surface area contributed by atoms with Crippen LogP contribution in [0.3, 0.4) is 0 Å². The van der Waals surface area contributed by atoms with Crippen molar-refractivity contribution in [1.29, 1.82) is 0 Å². The van der Waals surface area contributed by atoms with Gasteiger partial charge in [0.1, 0.15) is 23.3 Å². The minimum atomic E-state index is -3.47. The third-order valence-corrected chi connectivity index (χ3v) is 11.0. The van der Waals surface area contributed by atoms with Gasteiger partial charge in [-0.15, -0.1) is 48.5 Å². The third kappa shape index (κ3) is 3.60. The number of hydrogen-bond acceptors (Lipinski definition) is 0. The summed E-state index contributed by atoms with van der Waals surface area (Å²) in [7, 11) is 0. The van der Waals surface area contributed by atoms with E-state index in [1.54, 1.807) is 48.5 Å². The summed E-state index contributed by atoms with van der Waals surface area (Å²) in [4.78, 5) is 0. The van der Waals surface area contributed by atoms with Gasteiger partial charge < -0.3 is 0 Å². The van der Waals surface area contributed by atoms with Crippen LogP contribution in [-0.2, 0) is 0 Å². The van der Waals surface area contributed by atoms with E-state index >= 15 is 0 Å². The molecule has 4 aromatic carbocycles. The molecule has 0 aromatic heterocycles. The van der Waals surface area contributed by atoms with Crippen LogP contribution >= 0.6 is 0 Å². The van der Waals surface area contributed by atoms with Crippen molar-refractivity contribution in [1.82, 2.24) is 0 Å². The molecule has 4 aromatic rings. The highest BCUT2D eigenvalue weighted by Gasteiger charge is 2.36. The zero-order chi connectivity index (χ0) is 20.4. The van der Waals surface area contributed by atoms with Gasteiger partial charge in [0.25, 0.3) is 13.1 Å². The second-order valence-electron chi connectivity index (χ2n) is 7.07. The van der Waals surface area contributed by atoms with Crippen LogP contribution in [0.5, 0.6) is 0 Å². The molecule has 4 rings (SSSR count). The van der Waals surface area contributed by atoms with Gasteiger partial charge in [0.2, 0.25) is 0 Å². The minimum absolute atomic E-state index is 0.376. The Morgan fingerprint density at radius 1 is 0.310 bits per heavy atom. The minimum Gasteiger partial charge on any atom is -0.218 e. The van der Waals surface area contributed by atoms with Crippen LogP contribution in [0.25, 0.3) is 0 Å². The Bertz CT molecular complexity index is 916. The summed E-state index contributed by atoms with van der Waals surface area (Å²) in [6.45, 7) is 0. The first kappa shape index (κ1) is 19.4. The van der Waals surface area contributed by atoms with Crippen LogP contribution in [0.2, 0.25) is 0 Å². The molecule has 29 heavy (non-hydrogen) atoms. The van der Waals surface area contributed by atoms with E-state index in [0.717, 1.165) is 17.7 Å². The number of hydrogen-bond donors (Lipinski definition) is 0. The van der Waals surface area contributed by atoms with E-state index in [4.69, 9.17) is 0 Å². The van der Waals surface area contributed by atoms with Gasteiger partial charge in [-0.3, -0.25) is 0 Å². The predicted octanol–water partition coefficient (Wildman–Crippen LogP) is 3.62. The van der Waals surface area contributed by atoms with Gasteiger partial charge in [-0.05, 0) is 48.5 Å². The van der Waals surface area contributed by atoms with Crippen molar-refractivity contribution in [2.75, 3.05) is 0 Å². The lowest BCUT2D eigenvalue weighted by Gasteiger charge is -2.41. The normalized spacial score (nSPS) is 11.4. The summed E-state index contributed by atoms with van der Waals surface area (Å²) < 4.78 is 58.2. The smallest absolute Gasteiger partial charge is 0.218 e. The Morgan fingerprint density at radius 2 is 0.483 bits per heavy atom. The Morgan fingerprint density at radius 3 is 0.655 bits per heavy atom. The summed E-state index contributed by atoms with van der Waals surface area (Å²) in [5.74, 6) is -1.50. The van der Waals surface area contributed by atoms with E-state index in [0.29, 0.717) is 0 Å². The highest BCUT2D eigenvalue weighted by molar-refractivity contribution is 7.19. The van der Waals surface area contributed by atoms with Crippen LogP contribution < -0.4 is 17.7 Å². The van der Waals surface area contributed by atoms with Crippen LogP contribution in [0.1, 0.15) is 0 Å². The highest BCUT2D eigenvalue weighted by Crippen LogP contribution is 2.12. The van der Waals surface area contributed by atoms with Crippen molar-refractivity contribution in [2.45, 2.75) is 0 Å². The Balaban J connectivity index is 2.11. The molecule has 0 nitrogen and oxygen atoms in total. The average molecular weight is 407 g/mol. The Hall–Kier alpha value is -2.87. The third-order valence-electron chi connectivity index (χ3n) is 5.48. The highest BCUT2D eigenvalue weighted by atomic mass is 27.2. The van der Waals surface area contributed by atoms with Crippen molar-refractivity contribution >= 4 is 30.8 Å². The first-order valence-electron chi connectivity index (χ1n) is 9.20. The summed E-state index contributed by atoms with van der Waals surface area (Å²) in [5.41, 5.74) is 0. The van der Waals surface area contributed by atoms with E-state index in [1.165, 1.54) is 48.5 Å². The molecule has 0 aliphatic carbocycles. The first-order valence-corrected chi connectivity index (χ1v) is 11.5. The van der Waals surface area contributed by atoms with Crippen LogP contribution in [0.15, 0.2) is 97.1 Å². The molecule has 0 N–H and O–H groups in total. The predicted molar refractivity (Wildman–Crippen MR) is 110 cm³/mol. The van der Waals surface area contributed by atoms with Gasteiger partial charge in [0.15, 0.2) is 0 Å². The molecule has 0 fully saturated rings. The zero-order valence-electron chi connectivity index (χ0n) is 15.3. The first-order chi connectivity index (χ1) is 14.0. The molecule has 0 spiro atoms. The molecule has 0 amide bonds. The van der Waals surface area contributed by atoms with E-state index in [2.05, 4.69) is 0 Å². The maximum Gasteiger partial charge on any atom is 0.266 e. The molecule has 0 unspecified atom stereocenters. The molecule has 0 atom stereocenters. The fourth-order valence-corrected chi connectivity index (χ4v) is 9.55. The van der Waals surface area contributed by atoms with E-state index in [9.17, 15) is 17.6 Å². The molecule has 0 saturated carbocycles. The molecule has 144 valence electrons. The quantitative estimate of drug-likeness (QED) is 0.358. The summed E-state index contributed by atoms with van der Waals surface area (Å²) in [6, 6.07) is 24.6. The van der Waals surface area contributed by atoms with E-state index < -0.39 is 13.1 Å². The van der Waals surface area contributed by atoms with Crippen molar-refractivity contribution < 1.29 is 17.6 Å². The Labute approximate surface area is 168 Å². The Kier molecular flexibility index (Phi) is 5.28. The fourth-order valence-electron chi connectivity index (χ4n) is 4.16. The van der Waals surface area contributed by atoms with Crippen molar-refractivity contribution in [2.24, 2.45) is 0 Å². The summed E-state index contributed by atoms with van der Waals surface area (Å²) in [6.07, 6.45) is 0. The lowest BCUT2D eigenvalue weighted by Crippen LogP contribution is -2.74. The standard InChI is InChI=1S/4C6H4F.Al/c4*7-6-4-2-1-3-5-6;/h4*2-5H;/q;;;;-1. The SMILES string of the molecule is Fc1cc[c]([Al-]([c]2ccc(F)cc2)([c]2ccc(F)cc2)[c]2ccc(F)cc2)cc1. The average Bonchev–Trinajstić information content (AvgIpc) is 2.73. The van der Waals surface area contributed by atoms with Crippen LogP contribution in [-0.4, -0.2) is 13.1 Å². The maximum absolute atomic E-state index is 13.7. The molecule has 0 bridgehead atoms. The number of rotatable bonds is 4. The fraction of sp³-hybridized carbons (Fsp3) is 0. The number of benzene rings is 4. The largest absolute Gasteiger partial charge is 0.266 e. The van der Waals surface area contributed by atoms with Gasteiger partial charge in [-0.25, -0.2) is 35.3 Å². The molecule has 0 saturated heterocycles.